The molecule has 2 amide bonds. The smallest absolute Gasteiger partial charge is 0.252 e. The van der Waals surface area contributed by atoms with E-state index in [1.54, 1.807) is 6.07 Å². The van der Waals surface area contributed by atoms with Gasteiger partial charge in [0.15, 0.2) is 0 Å². The Morgan fingerprint density at radius 2 is 2.04 bits per heavy atom. The molecular weight excluding hydrogens is 308 g/mol. The second-order valence-corrected chi connectivity index (χ2v) is 6.53. The summed E-state index contributed by atoms with van der Waals surface area (Å²) < 4.78 is 0. The first-order valence-corrected chi connectivity index (χ1v) is 8.81. The average molecular weight is 328 g/mol. The molecule has 1 aromatic carbocycles. The fourth-order valence-corrected chi connectivity index (χ4v) is 3.56. The quantitative estimate of drug-likeness (QED) is 0.917. The Morgan fingerprint density at radius 1 is 1.22 bits per heavy atom. The van der Waals surface area contributed by atoms with Crippen LogP contribution < -0.4 is 5.32 Å². The third kappa shape index (κ3) is 3.99. The summed E-state index contributed by atoms with van der Waals surface area (Å²) in [5.74, 6) is 0.442. The molecule has 0 spiro atoms. The zero-order valence-electron chi connectivity index (χ0n) is 12.9. The second-order valence-electron chi connectivity index (χ2n) is 5.75. The van der Waals surface area contributed by atoms with E-state index in [1.807, 2.05) is 33.9 Å². The van der Waals surface area contributed by atoms with Crippen molar-refractivity contribution in [1.82, 2.24) is 10.2 Å². The van der Waals surface area contributed by atoms with Crippen molar-refractivity contribution in [2.45, 2.75) is 18.8 Å². The first kappa shape index (κ1) is 15.7. The first-order chi connectivity index (χ1) is 11.2. The number of rotatable bonds is 5. The molecule has 5 heteroatoms. The van der Waals surface area contributed by atoms with Gasteiger partial charge in [0.2, 0.25) is 5.91 Å². The minimum atomic E-state index is -0.109. The van der Waals surface area contributed by atoms with E-state index < -0.39 is 0 Å². The number of nitrogens with zero attached hydrogens (tertiary/aromatic N) is 1. The van der Waals surface area contributed by atoms with Crippen LogP contribution in [0, 0.1) is 0 Å². The van der Waals surface area contributed by atoms with Gasteiger partial charge in [-0.15, -0.1) is 0 Å². The van der Waals surface area contributed by atoms with Crippen LogP contribution in [-0.2, 0) is 4.79 Å². The summed E-state index contributed by atoms with van der Waals surface area (Å²) in [5.41, 5.74) is 1.96. The van der Waals surface area contributed by atoms with Crippen LogP contribution in [0.1, 0.15) is 34.7 Å². The van der Waals surface area contributed by atoms with Gasteiger partial charge in [-0.1, -0.05) is 30.3 Å². The van der Waals surface area contributed by atoms with Gasteiger partial charge in [0, 0.05) is 42.9 Å². The number of carbonyl (C=O) groups is 2. The maximum Gasteiger partial charge on any atom is 0.252 e. The molecule has 2 heterocycles. The van der Waals surface area contributed by atoms with E-state index in [4.69, 9.17) is 0 Å². The number of hydrogen-bond donors (Lipinski definition) is 1. The summed E-state index contributed by atoms with van der Waals surface area (Å²) in [6, 6.07) is 12.1. The largest absolute Gasteiger partial charge is 0.351 e. The molecular formula is C18H20N2O2S. The molecule has 0 bridgehead atoms. The van der Waals surface area contributed by atoms with Gasteiger partial charge in [-0.25, -0.2) is 0 Å². The fourth-order valence-electron chi connectivity index (χ4n) is 2.92. The minimum absolute atomic E-state index is 0.109. The highest BCUT2D eigenvalue weighted by atomic mass is 32.1. The lowest BCUT2D eigenvalue weighted by atomic mass is 9.99. The molecule has 1 N–H and O–H groups in total. The van der Waals surface area contributed by atoms with Crippen LogP contribution in [0.4, 0.5) is 0 Å². The van der Waals surface area contributed by atoms with Crippen molar-refractivity contribution in [2.24, 2.45) is 0 Å². The molecule has 0 saturated carbocycles. The third-order valence-corrected chi connectivity index (χ3v) is 4.90. The lowest BCUT2D eigenvalue weighted by Gasteiger charge is -2.17. The van der Waals surface area contributed by atoms with Gasteiger partial charge >= 0.3 is 0 Å². The van der Waals surface area contributed by atoms with Gasteiger partial charge in [0.05, 0.1) is 0 Å². The summed E-state index contributed by atoms with van der Waals surface area (Å²) in [4.78, 5) is 26.0. The Hall–Kier alpha value is -2.14. The van der Waals surface area contributed by atoms with Gasteiger partial charge in [-0.05, 0) is 23.4 Å². The number of carbonyl (C=O) groups excluding carboxylic acids is 2. The molecule has 0 aliphatic carbocycles. The van der Waals surface area contributed by atoms with Crippen LogP contribution in [0.5, 0.6) is 0 Å². The second kappa shape index (κ2) is 7.42. The molecule has 4 nitrogen and oxygen atoms in total. The van der Waals surface area contributed by atoms with E-state index >= 15 is 0 Å². The lowest BCUT2D eigenvalue weighted by molar-refractivity contribution is -0.130. The van der Waals surface area contributed by atoms with Crippen LogP contribution >= 0.6 is 11.3 Å². The van der Waals surface area contributed by atoms with Gasteiger partial charge in [0.25, 0.3) is 5.91 Å². The number of likely N-dealkylation sites (tertiary alicyclic amines) is 1. The molecule has 3 rings (SSSR count). The Morgan fingerprint density at radius 3 is 2.78 bits per heavy atom. The Labute approximate surface area is 140 Å². The molecule has 2 aromatic rings. The van der Waals surface area contributed by atoms with E-state index in [0.29, 0.717) is 24.4 Å². The maximum absolute atomic E-state index is 12.3. The molecule has 1 saturated heterocycles. The van der Waals surface area contributed by atoms with Crippen LogP contribution in [-0.4, -0.2) is 36.3 Å². The summed E-state index contributed by atoms with van der Waals surface area (Å²) >= 11 is 1.49. The number of thiophene rings is 1. The van der Waals surface area contributed by atoms with Crippen LogP contribution in [0.2, 0.25) is 0 Å². The number of hydrogen-bond acceptors (Lipinski definition) is 3. The Bertz CT molecular complexity index is 655. The number of benzene rings is 1. The van der Waals surface area contributed by atoms with Crippen molar-refractivity contribution in [1.29, 1.82) is 0 Å². The molecule has 23 heavy (non-hydrogen) atoms. The molecule has 1 aromatic heterocycles. The van der Waals surface area contributed by atoms with E-state index in [1.165, 1.54) is 16.9 Å². The highest BCUT2D eigenvalue weighted by molar-refractivity contribution is 7.08. The van der Waals surface area contributed by atoms with Crippen molar-refractivity contribution in [3.63, 3.8) is 0 Å². The Kier molecular flexibility index (Phi) is 5.08. The summed E-state index contributed by atoms with van der Waals surface area (Å²) in [6.07, 6.45) is 1.37. The molecule has 1 aliphatic heterocycles. The van der Waals surface area contributed by atoms with Crippen molar-refractivity contribution < 1.29 is 9.59 Å². The minimum Gasteiger partial charge on any atom is -0.351 e. The van der Waals surface area contributed by atoms with Crippen molar-refractivity contribution >= 4 is 23.2 Å². The van der Waals surface area contributed by atoms with E-state index in [0.717, 1.165) is 19.5 Å². The highest BCUT2D eigenvalue weighted by Gasteiger charge is 2.26. The van der Waals surface area contributed by atoms with Gasteiger partial charge in [-0.2, -0.15) is 11.3 Å². The summed E-state index contributed by atoms with van der Waals surface area (Å²) in [6.45, 7) is 1.97. The van der Waals surface area contributed by atoms with Gasteiger partial charge in [0.1, 0.15) is 0 Å². The molecule has 0 radical (unpaired) electrons. The highest BCUT2D eigenvalue weighted by Crippen LogP contribution is 2.27. The van der Waals surface area contributed by atoms with E-state index in [2.05, 4.69) is 17.4 Å². The monoisotopic (exact) mass is 328 g/mol. The lowest BCUT2D eigenvalue weighted by Crippen LogP contribution is -2.33. The standard InChI is InChI=1S/C18H20N2O2S/c21-17(6-9-19-18(22)16-8-11-23-13-16)20-10-7-15(12-20)14-4-2-1-3-5-14/h1-5,8,11,13,15H,6-7,9-10,12H2,(H,19,22). The van der Waals surface area contributed by atoms with Crippen molar-refractivity contribution in [3.05, 3.63) is 58.3 Å². The fraction of sp³-hybridized carbons (Fsp3) is 0.333. The zero-order chi connectivity index (χ0) is 16.1. The van der Waals surface area contributed by atoms with Crippen molar-refractivity contribution in [3.8, 4) is 0 Å². The number of nitrogens with one attached hydrogen (secondary N) is 1. The SMILES string of the molecule is O=C(NCCC(=O)N1CCC(c2ccccc2)C1)c1ccsc1. The predicted molar refractivity (Wildman–Crippen MR) is 91.6 cm³/mol. The zero-order valence-corrected chi connectivity index (χ0v) is 13.7. The molecule has 1 atom stereocenters. The number of amides is 2. The summed E-state index contributed by atoms with van der Waals surface area (Å²) in [7, 11) is 0. The Balaban J connectivity index is 1.44. The van der Waals surface area contributed by atoms with Gasteiger partial charge in [-0.3, -0.25) is 9.59 Å². The average Bonchev–Trinajstić information content (AvgIpc) is 3.27. The van der Waals surface area contributed by atoms with Crippen LogP contribution in [0.15, 0.2) is 47.2 Å². The van der Waals surface area contributed by atoms with E-state index in [9.17, 15) is 9.59 Å². The predicted octanol–water partition coefficient (Wildman–Crippen LogP) is 2.88. The third-order valence-electron chi connectivity index (χ3n) is 4.22. The van der Waals surface area contributed by atoms with E-state index in [-0.39, 0.29) is 11.8 Å². The topological polar surface area (TPSA) is 49.4 Å². The van der Waals surface area contributed by atoms with Crippen molar-refractivity contribution in [2.75, 3.05) is 19.6 Å². The normalized spacial score (nSPS) is 17.2. The molecule has 120 valence electrons. The molecule has 1 aliphatic rings. The molecule has 1 fully saturated rings. The maximum atomic E-state index is 12.3. The summed E-state index contributed by atoms with van der Waals surface area (Å²) in [5, 5.41) is 6.48. The van der Waals surface area contributed by atoms with Crippen LogP contribution in [0.25, 0.3) is 0 Å². The van der Waals surface area contributed by atoms with Crippen LogP contribution in [0.3, 0.4) is 0 Å². The first-order valence-electron chi connectivity index (χ1n) is 7.87. The molecule has 1 unspecified atom stereocenters. The van der Waals surface area contributed by atoms with Gasteiger partial charge < -0.3 is 10.2 Å².